The van der Waals surface area contributed by atoms with Crippen molar-refractivity contribution in [3.8, 4) is 17.2 Å². The maximum absolute atomic E-state index is 9.79. The van der Waals surface area contributed by atoms with Crippen LogP contribution in [-0.4, -0.2) is 42.4 Å². The first-order valence-corrected chi connectivity index (χ1v) is 10.7. The van der Waals surface area contributed by atoms with E-state index in [0.717, 1.165) is 47.4 Å². The first-order chi connectivity index (χ1) is 15.0. The van der Waals surface area contributed by atoms with Gasteiger partial charge in [0, 0.05) is 6.54 Å². The molecule has 3 aromatic rings. The molecule has 3 aromatic carbocycles. The van der Waals surface area contributed by atoms with Gasteiger partial charge in [0.2, 0.25) is 0 Å². The number of phenolic OH excluding ortho intramolecular Hbond substituents is 2. The van der Waals surface area contributed by atoms with Gasteiger partial charge in [0.25, 0.3) is 0 Å². The minimum Gasteiger partial charge on any atom is -0.508 e. The first-order valence-electron chi connectivity index (χ1n) is 10.7. The standard InChI is InChI=1S/C27H31NO3/c1-4-6-26(22-7-5-8-25(19-22)31-18-17-28(2)3)27(20-9-13-23(29)14-10-20)21-11-15-24(30)16-12-21/h5,7-16,19,29-30H,4,6,17-18H2,1-3H3. The van der Waals surface area contributed by atoms with Crippen LogP contribution >= 0.6 is 0 Å². The molecule has 4 heteroatoms. The SMILES string of the molecule is CCCC(=C(c1ccc(O)cc1)c1ccc(O)cc1)c1cccc(OCCN(C)C)c1. The molecular weight excluding hydrogens is 386 g/mol. The largest absolute Gasteiger partial charge is 0.508 e. The number of benzene rings is 3. The van der Waals surface area contributed by atoms with Crippen molar-refractivity contribution in [2.75, 3.05) is 27.2 Å². The Hall–Kier alpha value is -3.24. The van der Waals surface area contributed by atoms with Crippen LogP contribution in [0.3, 0.4) is 0 Å². The van der Waals surface area contributed by atoms with Crippen molar-refractivity contribution in [2.24, 2.45) is 0 Å². The molecule has 0 saturated heterocycles. The molecule has 0 bridgehead atoms. The number of hydrogen-bond acceptors (Lipinski definition) is 4. The van der Waals surface area contributed by atoms with Crippen LogP contribution in [0.1, 0.15) is 36.5 Å². The predicted octanol–water partition coefficient (Wildman–Crippen LogP) is 5.80. The molecule has 0 fully saturated rings. The van der Waals surface area contributed by atoms with Gasteiger partial charge in [0.05, 0.1) is 0 Å². The Morgan fingerprint density at radius 1 is 0.806 bits per heavy atom. The fraction of sp³-hybridized carbons (Fsp3) is 0.259. The van der Waals surface area contributed by atoms with E-state index in [-0.39, 0.29) is 11.5 Å². The Bertz CT molecular complexity index is 958. The topological polar surface area (TPSA) is 52.9 Å². The molecule has 0 spiro atoms. The third kappa shape index (κ3) is 6.12. The second-order valence-corrected chi connectivity index (χ2v) is 7.88. The molecule has 2 N–H and O–H groups in total. The molecule has 4 nitrogen and oxygen atoms in total. The van der Waals surface area contributed by atoms with Crippen molar-refractivity contribution in [1.29, 1.82) is 0 Å². The van der Waals surface area contributed by atoms with Crippen molar-refractivity contribution in [1.82, 2.24) is 4.90 Å². The summed E-state index contributed by atoms with van der Waals surface area (Å²) in [6.45, 7) is 3.66. The van der Waals surface area contributed by atoms with Gasteiger partial charge in [0.1, 0.15) is 23.9 Å². The summed E-state index contributed by atoms with van der Waals surface area (Å²) in [6, 6.07) is 22.8. The van der Waals surface area contributed by atoms with Crippen molar-refractivity contribution >= 4 is 11.1 Å². The summed E-state index contributed by atoms with van der Waals surface area (Å²) in [5, 5.41) is 19.6. The van der Waals surface area contributed by atoms with Crippen molar-refractivity contribution in [2.45, 2.75) is 19.8 Å². The lowest BCUT2D eigenvalue weighted by Crippen LogP contribution is -2.19. The Morgan fingerprint density at radius 2 is 1.39 bits per heavy atom. The Kier molecular flexibility index (Phi) is 7.74. The van der Waals surface area contributed by atoms with Crippen molar-refractivity contribution in [3.05, 3.63) is 89.5 Å². The number of nitrogens with zero attached hydrogens (tertiary/aromatic N) is 1. The maximum Gasteiger partial charge on any atom is 0.119 e. The minimum atomic E-state index is 0.238. The first kappa shape index (κ1) is 22.4. The monoisotopic (exact) mass is 417 g/mol. The van der Waals surface area contributed by atoms with Gasteiger partial charge in [-0.2, -0.15) is 0 Å². The molecule has 0 aromatic heterocycles. The van der Waals surface area contributed by atoms with E-state index in [4.69, 9.17) is 4.74 Å². The average molecular weight is 418 g/mol. The van der Waals surface area contributed by atoms with E-state index < -0.39 is 0 Å². The normalized spacial score (nSPS) is 10.8. The fourth-order valence-corrected chi connectivity index (χ4v) is 3.55. The molecule has 31 heavy (non-hydrogen) atoms. The quantitative estimate of drug-likeness (QED) is 0.432. The van der Waals surface area contributed by atoms with Crippen LogP contribution in [0.25, 0.3) is 11.1 Å². The molecule has 3 rings (SSSR count). The second-order valence-electron chi connectivity index (χ2n) is 7.88. The summed E-state index contributed by atoms with van der Waals surface area (Å²) >= 11 is 0. The molecule has 0 heterocycles. The molecule has 0 saturated carbocycles. The van der Waals surface area contributed by atoms with Crippen LogP contribution in [-0.2, 0) is 0 Å². The zero-order valence-corrected chi connectivity index (χ0v) is 18.5. The zero-order valence-electron chi connectivity index (χ0n) is 18.5. The fourth-order valence-electron chi connectivity index (χ4n) is 3.55. The van der Waals surface area contributed by atoms with Crippen LogP contribution in [0.2, 0.25) is 0 Å². The van der Waals surface area contributed by atoms with Crippen LogP contribution in [0, 0.1) is 0 Å². The molecule has 0 atom stereocenters. The summed E-state index contributed by atoms with van der Waals surface area (Å²) in [4.78, 5) is 2.10. The van der Waals surface area contributed by atoms with E-state index in [1.165, 1.54) is 5.57 Å². The Morgan fingerprint density at radius 3 is 1.90 bits per heavy atom. The minimum absolute atomic E-state index is 0.238. The number of ether oxygens (including phenoxy) is 1. The van der Waals surface area contributed by atoms with Gasteiger partial charge in [-0.1, -0.05) is 49.7 Å². The van der Waals surface area contributed by atoms with Crippen LogP contribution < -0.4 is 4.74 Å². The highest BCUT2D eigenvalue weighted by Crippen LogP contribution is 2.37. The number of aromatic hydroxyl groups is 2. The van der Waals surface area contributed by atoms with Gasteiger partial charge < -0.3 is 19.8 Å². The molecule has 0 amide bonds. The Labute approximate surface area is 185 Å². The zero-order chi connectivity index (χ0) is 22.2. The van der Waals surface area contributed by atoms with E-state index in [1.807, 2.05) is 50.5 Å². The molecular formula is C27H31NO3. The highest BCUT2D eigenvalue weighted by molar-refractivity contribution is 5.98. The summed E-state index contributed by atoms with van der Waals surface area (Å²) < 4.78 is 5.98. The summed E-state index contributed by atoms with van der Waals surface area (Å²) in [5.74, 6) is 1.33. The van der Waals surface area contributed by atoms with Gasteiger partial charge in [-0.25, -0.2) is 0 Å². The van der Waals surface area contributed by atoms with Crippen LogP contribution in [0.5, 0.6) is 17.2 Å². The molecule has 0 aliphatic heterocycles. The van der Waals surface area contributed by atoms with E-state index >= 15 is 0 Å². The van der Waals surface area contributed by atoms with Gasteiger partial charge in [-0.05, 0) is 84.8 Å². The highest BCUT2D eigenvalue weighted by Gasteiger charge is 2.15. The second kappa shape index (κ2) is 10.7. The lowest BCUT2D eigenvalue weighted by Gasteiger charge is -2.18. The maximum atomic E-state index is 9.79. The van der Waals surface area contributed by atoms with E-state index in [0.29, 0.717) is 6.61 Å². The highest BCUT2D eigenvalue weighted by atomic mass is 16.5. The summed E-state index contributed by atoms with van der Waals surface area (Å²) in [7, 11) is 4.06. The van der Waals surface area contributed by atoms with Crippen LogP contribution in [0.4, 0.5) is 0 Å². The third-order valence-electron chi connectivity index (χ3n) is 5.10. The lowest BCUT2D eigenvalue weighted by atomic mass is 9.87. The Balaban J connectivity index is 2.12. The summed E-state index contributed by atoms with van der Waals surface area (Å²) in [6.07, 6.45) is 1.87. The number of likely N-dealkylation sites (N-methyl/N-ethyl adjacent to an activating group) is 1. The van der Waals surface area contributed by atoms with E-state index in [9.17, 15) is 10.2 Å². The predicted molar refractivity (Wildman–Crippen MR) is 128 cm³/mol. The van der Waals surface area contributed by atoms with Gasteiger partial charge in [-0.3, -0.25) is 0 Å². The average Bonchev–Trinajstić information content (AvgIpc) is 2.76. The van der Waals surface area contributed by atoms with E-state index in [2.05, 4.69) is 24.0 Å². The lowest BCUT2D eigenvalue weighted by molar-refractivity contribution is 0.261. The molecule has 0 aliphatic carbocycles. The molecule has 0 aliphatic rings. The molecule has 0 radical (unpaired) electrons. The van der Waals surface area contributed by atoms with Gasteiger partial charge in [-0.15, -0.1) is 0 Å². The molecule has 162 valence electrons. The van der Waals surface area contributed by atoms with E-state index in [1.54, 1.807) is 24.3 Å². The number of rotatable bonds is 9. The van der Waals surface area contributed by atoms with Crippen molar-refractivity contribution in [3.63, 3.8) is 0 Å². The smallest absolute Gasteiger partial charge is 0.119 e. The number of hydrogen-bond donors (Lipinski definition) is 2. The van der Waals surface area contributed by atoms with Gasteiger partial charge in [0.15, 0.2) is 0 Å². The molecule has 0 unspecified atom stereocenters. The third-order valence-corrected chi connectivity index (χ3v) is 5.10. The van der Waals surface area contributed by atoms with Gasteiger partial charge >= 0.3 is 0 Å². The number of allylic oxidation sites excluding steroid dienone is 1. The van der Waals surface area contributed by atoms with Crippen LogP contribution in [0.15, 0.2) is 72.8 Å². The van der Waals surface area contributed by atoms with Crippen molar-refractivity contribution < 1.29 is 14.9 Å². The summed E-state index contributed by atoms with van der Waals surface area (Å²) in [5.41, 5.74) is 5.45. The number of phenols is 2.